The number of hydrogen-bond acceptors (Lipinski definition) is 2. The van der Waals surface area contributed by atoms with Crippen LogP contribution >= 0.6 is 0 Å². The van der Waals surface area contributed by atoms with Crippen molar-refractivity contribution in [3.63, 3.8) is 0 Å². The molecule has 1 aromatic carbocycles. The zero-order chi connectivity index (χ0) is 12.8. The number of phenols is 1. The Morgan fingerprint density at radius 2 is 1.89 bits per heavy atom. The SMILES string of the molecule is CC(/C=C/c1ccccn1)=C\c1ccccc1O. The van der Waals surface area contributed by atoms with Crippen molar-refractivity contribution >= 4 is 12.2 Å². The maximum atomic E-state index is 9.66. The molecule has 2 rings (SSSR count). The van der Waals surface area contributed by atoms with Crippen LogP contribution in [-0.2, 0) is 0 Å². The van der Waals surface area contributed by atoms with E-state index < -0.39 is 0 Å². The standard InChI is InChI=1S/C16H15NO/c1-13(9-10-15-7-4-5-11-17-15)12-14-6-2-3-8-16(14)18/h2-12,18H,1H3/b10-9+,13-12+. The van der Waals surface area contributed by atoms with Crippen molar-refractivity contribution in [1.29, 1.82) is 0 Å². The number of aromatic nitrogens is 1. The Balaban J connectivity index is 2.15. The lowest BCUT2D eigenvalue weighted by Gasteiger charge is -1.99. The van der Waals surface area contributed by atoms with E-state index in [1.54, 1.807) is 12.3 Å². The molecular weight excluding hydrogens is 222 g/mol. The van der Waals surface area contributed by atoms with Crippen LogP contribution < -0.4 is 0 Å². The Morgan fingerprint density at radius 1 is 1.11 bits per heavy atom. The first kappa shape index (κ1) is 12.1. The van der Waals surface area contributed by atoms with Crippen molar-refractivity contribution in [2.45, 2.75) is 6.92 Å². The van der Waals surface area contributed by atoms with Gasteiger partial charge in [-0.2, -0.15) is 0 Å². The highest BCUT2D eigenvalue weighted by atomic mass is 16.3. The summed E-state index contributed by atoms with van der Waals surface area (Å²) in [6.07, 6.45) is 7.64. The molecule has 0 aliphatic heterocycles. The van der Waals surface area contributed by atoms with Gasteiger partial charge in [-0.3, -0.25) is 4.98 Å². The van der Waals surface area contributed by atoms with E-state index >= 15 is 0 Å². The first-order valence-corrected chi connectivity index (χ1v) is 5.81. The molecule has 0 amide bonds. The van der Waals surface area contributed by atoms with Crippen molar-refractivity contribution in [2.75, 3.05) is 0 Å². The molecule has 0 aliphatic rings. The molecule has 0 radical (unpaired) electrons. The second-order valence-electron chi connectivity index (χ2n) is 4.04. The molecule has 18 heavy (non-hydrogen) atoms. The van der Waals surface area contributed by atoms with Gasteiger partial charge in [0.25, 0.3) is 0 Å². The normalized spacial score (nSPS) is 11.9. The number of hydrogen-bond donors (Lipinski definition) is 1. The van der Waals surface area contributed by atoms with E-state index in [0.29, 0.717) is 5.75 Å². The number of para-hydroxylation sites is 1. The maximum Gasteiger partial charge on any atom is 0.122 e. The topological polar surface area (TPSA) is 33.1 Å². The van der Waals surface area contributed by atoms with Gasteiger partial charge >= 0.3 is 0 Å². The van der Waals surface area contributed by atoms with Gasteiger partial charge in [-0.25, -0.2) is 0 Å². The van der Waals surface area contributed by atoms with Gasteiger partial charge in [0.15, 0.2) is 0 Å². The smallest absolute Gasteiger partial charge is 0.122 e. The minimum absolute atomic E-state index is 0.295. The lowest BCUT2D eigenvalue weighted by molar-refractivity contribution is 0.474. The largest absolute Gasteiger partial charge is 0.507 e. The molecule has 0 bridgehead atoms. The van der Waals surface area contributed by atoms with E-state index in [9.17, 15) is 5.11 Å². The van der Waals surface area contributed by atoms with E-state index in [-0.39, 0.29) is 0 Å². The highest BCUT2D eigenvalue weighted by Gasteiger charge is 1.95. The summed E-state index contributed by atoms with van der Waals surface area (Å²) in [5.41, 5.74) is 2.80. The predicted molar refractivity (Wildman–Crippen MR) is 75.0 cm³/mol. The Labute approximate surface area is 107 Å². The third-order valence-corrected chi connectivity index (χ3v) is 2.52. The number of nitrogens with zero attached hydrogens (tertiary/aromatic N) is 1. The zero-order valence-corrected chi connectivity index (χ0v) is 10.2. The minimum atomic E-state index is 0.295. The molecule has 0 unspecified atom stereocenters. The van der Waals surface area contributed by atoms with E-state index in [0.717, 1.165) is 16.8 Å². The molecule has 1 heterocycles. The van der Waals surface area contributed by atoms with Crippen LogP contribution in [0.5, 0.6) is 5.75 Å². The van der Waals surface area contributed by atoms with Gasteiger partial charge in [0.05, 0.1) is 5.69 Å². The molecule has 2 heteroatoms. The summed E-state index contributed by atoms with van der Waals surface area (Å²) >= 11 is 0. The summed E-state index contributed by atoms with van der Waals surface area (Å²) in [6, 6.07) is 13.1. The summed E-state index contributed by atoms with van der Waals surface area (Å²) in [6.45, 7) is 1.99. The van der Waals surface area contributed by atoms with Crippen molar-refractivity contribution in [3.8, 4) is 5.75 Å². The van der Waals surface area contributed by atoms with Crippen molar-refractivity contribution in [1.82, 2.24) is 4.98 Å². The fraction of sp³-hybridized carbons (Fsp3) is 0.0625. The molecule has 0 spiro atoms. The molecule has 90 valence electrons. The number of aromatic hydroxyl groups is 1. The average Bonchev–Trinajstić information content (AvgIpc) is 2.40. The first-order chi connectivity index (χ1) is 8.75. The number of benzene rings is 1. The quantitative estimate of drug-likeness (QED) is 0.821. The number of rotatable bonds is 3. The molecule has 1 aromatic heterocycles. The number of allylic oxidation sites excluding steroid dienone is 2. The van der Waals surface area contributed by atoms with Crippen molar-refractivity contribution < 1.29 is 5.11 Å². The van der Waals surface area contributed by atoms with E-state index in [4.69, 9.17) is 0 Å². The van der Waals surface area contributed by atoms with Crippen LogP contribution in [0.3, 0.4) is 0 Å². The van der Waals surface area contributed by atoms with Crippen LogP contribution in [0.15, 0.2) is 60.3 Å². The van der Waals surface area contributed by atoms with Gasteiger partial charge < -0.3 is 5.11 Å². The molecular formula is C16H15NO. The Bertz CT molecular complexity index is 571. The van der Waals surface area contributed by atoms with Crippen LogP contribution in [0.2, 0.25) is 0 Å². The Morgan fingerprint density at radius 3 is 2.61 bits per heavy atom. The fourth-order valence-electron chi connectivity index (χ4n) is 1.59. The average molecular weight is 237 g/mol. The van der Waals surface area contributed by atoms with E-state index in [1.807, 2.05) is 61.5 Å². The predicted octanol–water partition coefficient (Wildman–Crippen LogP) is 3.90. The molecule has 1 N–H and O–H groups in total. The number of pyridine rings is 1. The molecule has 0 atom stereocenters. The second-order valence-corrected chi connectivity index (χ2v) is 4.04. The summed E-state index contributed by atoms with van der Waals surface area (Å²) < 4.78 is 0. The van der Waals surface area contributed by atoms with E-state index in [2.05, 4.69) is 4.98 Å². The maximum absolute atomic E-state index is 9.66. The lowest BCUT2D eigenvalue weighted by Crippen LogP contribution is -1.78. The molecule has 0 aliphatic carbocycles. The van der Waals surface area contributed by atoms with Gasteiger partial charge in [-0.1, -0.05) is 35.9 Å². The summed E-state index contributed by atoms with van der Waals surface area (Å²) in [7, 11) is 0. The monoisotopic (exact) mass is 237 g/mol. The third-order valence-electron chi connectivity index (χ3n) is 2.52. The van der Waals surface area contributed by atoms with Crippen LogP contribution in [-0.4, -0.2) is 10.1 Å². The summed E-state index contributed by atoms with van der Waals surface area (Å²) in [4.78, 5) is 4.21. The summed E-state index contributed by atoms with van der Waals surface area (Å²) in [5.74, 6) is 0.295. The fourth-order valence-corrected chi connectivity index (χ4v) is 1.59. The summed E-state index contributed by atoms with van der Waals surface area (Å²) in [5, 5.41) is 9.66. The van der Waals surface area contributed by atoms with Crippen molar-refractivity contribution in [2.24, 2.45) is 0 Å². The first-order valence-electron chi connectivity index (χ1n) is 5.81. The van der Waals surface area contributed by atoms with Crippen LogP contribution in [0.1, 0.15) is 18.2 Å². The van der Waals surface area contributed by atoms with Gasteiger partial charge in [0.1, 0.15) is 5.75 Å². The molecule has 0 fully saturated rings. The van der Waals surface area contributed by atoms with Crippen LogP contribution in [0.25, 0.3) is 12.2 Å². The molecule has 0 saturated heterocycles. The molecule has 2 nitrogen and oxygen atoms in total. The highest BCUT2D eigenvalue weighted by molar-refractivity contribution is 5.63. The second kappa shape index (κ2) is 5.82. The van der Waals surface area contributed by atoms with Crippen LogP contribution in [0.4, 0.5) is 0 Å². The third kappa shape index (κ3) is 3.32. The van der Waals surface area contributed by atoms with E-state index in [1.165, 1.54) is 0 Å². The van der Waals surface area contributed by atoms with Gasteiger partial charge in [-0.05, 0) is 37.3 Å². The Hall–Kier alpha value is -2.35. The number of phenolic OH excluding ortho intramolecular Hbond substituents is 1. The van der Waals surface area contributed by atoms with Crippen LogP contribution in [0, 0.1) is 0 Å². The van der Waals surface area contributed by atoms with Gasteiger partial charge in [-0.15, -0.1) is 0 Å². The highest BCUT2D eigenvalue weighted by Crippen LogP contribution is 2.19. The molecule has 2 aromatic rings. The Kier molecular flexibility index (Phi) is 3.92. The zero-order valence-electron chi connectivity index (χ0n) is 10.2. The van der Waals surface area contributed by atoms with Gasteiger partial charge in [0, 0.05) is 11.8 Å². The lowest BCUT2D eigenvalue weighted by atomic mass is 10.1. The minimum Gasteiger partial charge on any atom is -0.507 e. The van der Waals surface area contributed by atoms with Crippen molar-refractivity contribution in [3.05, 3.63) is 71.6 Å². The van der Waals surface area contributed by atoms with Gasteiger partial charge in [0.2, 0.25) is 0 Å². The molecule has 0 saturated carbocycles.